The lowest BCUT2D eigenvalue weighted by Crippen LogP contribution is -2.55. The molecule has 0 unspecified atom stereocenters. The van der Waals surface area contributed by atoms with Crippen LogP contribution in [0, 0.1) is 11.3 Å². The second-order valence-corrected chi connectivity index (χ2v) is 6.27. The van der Waals surface area contributed by atoms with Gasteiger partial charge in [-0.1, -0.05) is 20.8 Å². The van der Waals surface area contributed by atoms with E-state index in [-0.39, 0.29) is 36.1 Å². The average Bonchev–Trinajstić information content (AvgIpc) is 2.51. The summed E-state index contributed by atoms with van der Waals surface area (Å²) in [5.74, 6) is -0.0934. The Bertz CT molecular complexity index is 424. The molecule has 3 amide bonds. The van der Waals surface area contributed by atoms with Crippen LogP contribution in [0.4, 0.5) is 0 Å². The van der Waals surface area contributed by atoms with E-state index in [1.54, 1.807) is 4.90 Å². The van der Waals surface area contributed by atoms with Gasteiger partial charge >= 0.3 is 0 Å². The first-order valence-corrected chi connectivity index (χ1v) is 6.60. The Morgan fingerprint density at radius 3 is 2.21 bits per heavy atom. The number of hydrogen-bond acceptors (Lipinski definition) is 3. The predicted molar refractivity (Wildman–Crippen MR) is 70.0 cm³/mol. The van der Waals surface area contributed by atoms with Crippen LogP contribution in [0.2, 0.25) is 0 Å². The Morgan fingerprint density at radius 2 is 1.74 bits per heavy atom. The second kappa shape index (κ2) is 4.79. The molecule has 0 aromatic carbocycles. The van der Waals surface area contributed by atoms with E-state index >= 15 is 0 Å². The summed E-state index contributed by atoms with van der Waals surface area (Å²) in [6.07, 6.45) is 2.70. The Kier molecular flexibility index (Phi) is 3.47. The van der Waals surface area contributed by atoms with Gasteiger partial charge in [0.15, 0.2) is 0 Å². The molecule has 0 atom stereocenters. The molecule has 0 bridgehead atoms. The molecule has 5 nitrogen and oxygen atoms in total. The number of hydrogen-bond donors (Lipinski definition) is 0. The van der Waals surface area contributed by atoms with E-state index in [0.29, 0.717) is 5.92 Å². The highest BCUT2D eigenvalue weighted by atomic mass is 16.2. The summed E-state index contributed by atoms with van der Waals surface area (Å²) in [7, 11) is 0. The minimum absolute atomic E-state index is 0.0213. The van der Waals surface area contributed by atoms with Crippen molar-refractivity contribution in [3.8, 4) is 0 Å². The van der Waals surface area contributed by atoms with Crippen LogP contribution in [0.25, 0.3) is 0 Å². The van der Waals surface area contributed by atoms with Crippen LogP contribution < -0.4 is 0 Å². The maximum absolute atomic E-state index is 11.9. The largest absolute Gasteiger partial charge is 0.342 e. The second-order valence-electron chi connectivity index (χ2n) is 6.27. The molecule has 0 spiro atoms. The zero-order valence-electron chi connectivity index (χ0n) is 11.7. The van der Waals surface area contributed by atoms with Crippen molar-refractivity contribution in [1.82, 2.24) is 9.80 Å². The Balaban J connectivity index is 1.75. The monoisotopic (exact) mass is 264 g/mol. The molecule has 104 valence electrons. The van der Waals surface area contributed by atoms with Gasteiger partial charge < -0.3 is 4.90 Å². The van der Waals surface area contributed by atoms with Crippen LogP contribution >= 0.6 is 0 Å². The van der Waals surface area contributed by atoms with E-state index < -0.39 is 0 Å². The molecule has 0 aromatic rings. The average molecular weight is 264 g/mol. The van der Waals surface area contributed by atoms with E-state index in [1.165, 1.54) is 12.2 Å². The van der Waals surface area contributed by atoms with Gasteiger partial charge in [-0.3, -0.25) is 19.3 Å². The first-order chi connectivity index (χ1) is 8.79. The molecule has 0 N–H and O–H groups in total. The van der Waals surface area contributed by atoms with Gasteiger partial charge in [-0.25, -0.2) is 0 Å². The van der Waals surface area contributed by atoms with E-state index in [2.05, 4.69) is 20.8 Å². The lowest BCUT2D eigenvalue weighted by atomic mass is 9.76. The van der Waals surface area contributed by atoms with Gasteiger partial charge in [0, 0.05) is 38.2 Å². The van der Waals surface area contributed by atoms with E-state index in [9.17, 15) is 14.4 Å². The predicted octanol–water partition coefficient (Wildman–Crippen LogP) is 0.806. The topological polar surface area (TPSA) is 57.7 Å². The van der Waals surface area contributed by atoms with Crippen molar-refractivity contribution in [3.63, 3.8) is 0 Å². The fraction of sp³-hybridized carbons (Fsp3) is 0.643. The van der Waals surface area contributed by atoms with E-state index in [0.717, 1.165) is 18.0 Å². The summed E-state index contributed by atoms with van der Waals surface area (Å²) >= 11 is 0. The Hall–Kier alpha value is -1.65. The normalized spacial score (nSPS) is 20.2. The molecule has 1 fully saturated rings. The summed E-state index contributed by atoms with van der Waals surface area (Å²) in [5, 5.41) is 0. The molecular weight excluding hydrogens is 244 g/mol. The molecule has 0 aromatic heterocycles. The molecule has 1 saturated heterocycles. The third-order valence-corrected chi connectivity index (χ3v) is 3.91. The van der Waals surface area contributed by atoms with Crippen LogP contribution in [-0.4, -0.2) is 47.2 Å². The third kappa shape index (κ3) is 2.85. The van der Waals surface area contributed by atoms with E-state index in [1.807, 2.05) is 0 Å². The lowest BCUT2D eigenvalue weighted by Gasteiger charge is -2.46. The fourth-order valence-corrected chi connectivity index (χ4v) is 2.25. The van der Waals surface area contributed by atoms with Crippen molar-refractivity contribution in [2.24, 2.45) is 11.3 Å². The molecule has 0 radical (unpaired) electrons. The Morgan fingerprint density at radius 1 is 1.21 bits per heavy atom. The van der Waals surface area contributed by atoms with Gasteiger partial charge in [-0.15, -0.1) is 0 Å². The molecular formula is C14H20N2O3. The van der Waals surface area contributed by atoms with Gasteiger partial charge in [0.25, 0.3) is 11.8 Å². The van der Waals surface area contributed by atoms with Crippen LogP contribution in [0.3, 0.4) is 0 Å². The highest BCUT2D eigenvalue weighted by Crippen LogP contribution is 2.33. The highest BCUT2D eigenvalue weighted by Gasteiger charge is 2.38. The van der Waals surface area contributed by atoms with Crippen molar-refractivity contribution in [2.75, 3.05) is 19.6 Å². The van der Waals surface area contributed by atoms with Gasteiger partial charge in [0.1, 0.15) is 0 Å². The zero-order chi connectivity index (χ0) is 14.2. The van der Waals surface area contributed by atoms with Crippen molar-refractivity contribution < 1.29 is 14.4 Å². The minimum Gasteiger partial charge on any atom is -0.342 e. The van der Waals surface area contributed by atoms with Crippen molar-refractivity contribution in [1.29, 1.82) is 0 Å². The summed E-state index contributed by atoms with van der Waals surface area (Å²) in [4.78, 5) is 37.5. The molecule has 19 heavy (non-hydrogen) atoms. The van der Waals surface area contributed by atoms with Gasteiger partial charge in [-0.2, -0.15) is 0 Å². The third-order valence-electron chi connectivity index (χ3n) is 3.91. The fourth-order valence-electron chi connectivity index (χ4n) is 2.25. The number of likely N-dealkylation sites (tertiary alicyclic amines) is 1. The first-order valence-electron chi connectivity index (χ1n) is 6.60. The molecule has 0 aliphatic carbocycles. The summed E-state index contributed by atoms with van der Waals surface area (Å²) in [6, 6.07) is 0. The maximum Gasteiger partial charge on any atom is 0.253 e. The number of carbonyl (C=O) groups excluding carboxylic acids is 3. The molecule has 2 aliphatic heterocycles. The summed E-state index contributed by atoms with van der Waals surface area (Å²) in [6.45, 7) is 8.26. The lowest BCUT2D eigenvalue weighted by molar-refractivity contribution is -0.142. The van der Waals surface area contributed by atoms with Crippen LogP contribution in [0.1, 0.15) is 27.2 Å². The first kappa shape index (κ1) is 13.8. The van der Waals surface area contributed by atoms with Crippen molar-refractivity contribution in [3.05, 3.63) is 12.2 Å². The Labute approximate surface area is 113 Å². The molecule has 2 rings (SSSR count). The van der Waals surface area contributed by atoms with Crippen molar-refractivity contribution in [2.45, 2.75) is 27.2 Å². The van der Waals surface area contributed by atoms with Crippen molar-refractivity contribution >= 4 is 17.7 Å². The molecule has 0 saturated carbocycles. The van der Waals surface area contributed by atoms with Gasteiger partial charge in [-0.05, 0) is 11.3 Å². The SMILES string of the molecule is CC(C)(C)C1CN(C(=O)CCN2C(=O)C=CC2=O)C1. The molecule has 5 heteroatoms. The standard InChI is InChI=1S/C14H20N2O3/c1-14(2,3)10-8-15(9-10)11(17)6-7-16-12(18)4-5-13(16)19/h4-5,10H,6-9H2,1-3H3. The number of amides is 3. The molecule has 2 heterocycles. The van der Waals surface area contributed by atoms with Crippen LogP contribution in [-0.2, 0) is 14.4 Å². The summed E-state index contributed by atoms with van der Waals surface area (Å²) in [5.41, 5.74) is 0.224. The number of carbonyl (C=O) groups is 3. The smallest absolute Gasteiger partial charge is 0.253 e. The highest BCUT2D eigenvalue weighted by molar-refractivity contribution is 6.13. The number of nitrogens with zero attached hydrogens (tertiary/aromatic N) is 2. The molecule has 2 aliphatic rings. The van der Waals surface area contributed by atoms with Crippen LogP contribution in [0.15, 0.2) is 12.2 Å². The van der Waals surface area contributed by atoms with E-state index in [4.69, 9.17) is 0 Å². The number of imide groups is 1. The number of rotatable bonds is 3. The summed E-state index contributed by atoms with van der Waals surface area (Å²) < 4.78 is 0. The quantitative estimate of drug-likeness (QED) is 0.709. The zero-order valence-corrected chi connectivity index (χ0v) is 11.7. The van der Waals surface area contributed by atoms with Gasteiger partial charge in [0.2, 0.25) is 5.91 Å². The van der Waals surface area contributed by atoms with Gasteiger partial charge in [0.05, 0.1) is 0 Å². The minimum atomic E-state index is -0.325. The maximum atomic E-state index is 11.9. The van der Waals surface area contributed by atoms with Crippen LogP contribution in [0.5, 0.6) is 0 Å².